The maximum atomic E-state index is 5.76. The summed E-state index contributed by atoms with van der Waals surface area (Å²) in [6.07, 6.45) is 1.09. The Hall–Kier alpha value is -2.71. The van der Waals surface area contributed by atoms with Gasteiger partial charge >= 0.3 is 0 Å². The first-order valence-corrected chi connectivity index (χ1v) is 10.2. The van der Waals surface area contributed by atoms with Gasteiger partial charge in [0.25, 0.3) is 0 Å². The van der Waals surface area contributed by atoms with Gasteiger partial charge in [-0.25, -0.2) is 4.98 Å². The number of nitrogens with zero attached hydrogens (tertiary/aromatic N) is 4. The molecule has 0 radical (unpaired) electrons. The number of benzene rings is 1. The third-order valence-corrected chi connectivity index (χ3v) is 5.00. The van der Waals surface area contributed by atoms with Gasteiger partial charge < -0.3 is 24.1 Å². The third-order valence-electron chi connectivity index (χ3n) is 5.00. The maximum Gasteiger partial charge on any atom is 0.192 e. The predicted molar refractivity (Wildman–Crippen MR) is 116 cm³/mol. The summed E-state index contributed by atoms with van der Waals surface area (Å²) in [5.74, 6) is 2.12. The summed E-state index contributed by atoms with van der Waals surface area (Å²) in [6, 6.07) is 8.18. The normalized spacial score (nSPS) is 17.1. The van der Waals surface area contributed by atoms with Crippen LogP contribution in [-0.4, -0.2) is 53.8 Å². The first-order valence-electron chi connectivity index (χ1n) is 10.2. The van der Waals surface area contributed by atoms with Gasteiger partial charge in [-0.05, 0) is 45.4 Å². The first-order chi connectivity index (χ1) is 14.3. The summed E-state index contributed by atoms with van der Waals surface area (Å²) < 4.78 is 16.5. The molecule has 1 atom stereocenters. The fourth-order valence-electron chi connectivity index (χ4n) is 3.85. The molecule has 4 rings (SSSR count). The number of nitrogens with one attached hydrogen (secondary N) is 1. The topological polar surface area (TPSA) is 85.5 Å². The maximum absolute atomic E-state index is 5.76. The van der Waals surface area contributed by atoms with Gasteiger partial charge in [0, 0.05) is 50.3 Å². The molecule has 1 aliphatic heterocycles. The predicted octanol–water partition coefficient (Wildman–Crippen LogP) is 3.54. The van der Waals surface area contributed by atoms with Crippen LogP contribution in [0.2, 0.25) is 0 Å². The summed E-state index contributed by atoms with van der Waals surface area (Å²) >= 11 is 0. The van der Waals surface area contributed by atoms with E-state index in [4.69, 9.17) is 13.9 Å². The Morgan fingerprint density at radius 3 is 2.77 bits per heavy atom. The van der Waals surface area contributed by atoms with Crippen molar-refractivity contribution in [3.8, 4) is 17.0 Å². The Labute approximate surface area is 176 Å². The molecule has 160 valence electrons. The molecule has 0 bridgehead atoms. The molecule has 1 aliphatic rings. The van der Waals surface area contributed by atoms with E-state index in [1.807, 2.05) is 31.2 Å². The van der Waals surface area contributed by atoms with Gasteiger partial charge in [0.05, 0.1) is 5.69 Å². The summed E-state index contributed by atoms with van der Waals surface area (Å²) in [7, 11) is 1.59. The molecule has 30 heavy (non-hydrogen) atoms. The van der Waals surface area contributed by atoms with Crippen LogP contribution in [0.25, 0.3) is 22.4 Å². The van der Waals surface area contributed by atoms with Gasteiger partial charge in [0.1, 0.15) is 11.3 Å². The Balaban J connectivity index is 1.57. The van der Waals surface area contributed by atoms with Crippen LogP contribution < -0.4 is 15.0 Å². The SMILES string of the molecule is COCOc1cc2nc(C)oc2cc1-c1ccc(N2CC[C@@H](NC(C)(C)C)C2)nn1. The second-order valence-electron chi connectivity index (χ2n) is 8.70. The van der Waals surface area contributed by atoms with Crippen LogP contribution in [0.15, 0.2) is 28.7 Å². The monoisotopic (exact) mass is 411 g/mol. The van der Waals surface area contributed by atoms with Crippen molar-refractivity contribution in [1.29, 1.82) is 0 Å². The second kappa shape index (κ2) is 8.20. The number of anilines is 1. The van der Waals surface area contributed by atoms with Crippen molar-refractivity contribution in [2.24, 2.45) is 0 Å². The van der Waals surface area contributed by atoms with E-state index in [0.29, 0.717) is 29.0 Å². The number of fused-ring (bicyclic) bond motifs is 1. The van der Waals surface area contributed by atoms with Gasteiger partial charge in [-0.1, -0.05) is 0 Å². The molecule has 1 saturated heterocycles. The second-order valence-corrected chi connectivity index (χ2v) is 8.70. The van der Waals surface area contributed by atoms with Gasteiger partial charge in [0.15, 0.2) is 24.1 Å². The van der Waals surface area contributed by atoms with Crippen LogP contribution in [0.5, 0.6) is 5.75 Å². The minimum atomic E-state index is 0.104. The van der Waals surface area contributed by atoms with Crippen LogP contribution in [0.4, 0.5) is 5.82 Å². The van der Waals surface area contributed by atoms with E-state index in [9.17, 15) is 0 Å². The molecule has 8 heteroatoms. The largest absolute Gasteiger partial charge is 0.467 e. The molecule has 8 nitrogen and oxygen atoms in total. The molecule has 0 aliphatic carbocycles. The minimum Gasteiger partial charge on any atom is -0.467 e. The Morgan fingerprint density at radius 2 is 2.07 bits per heavy atom. The highest BCUT2D eigenvalue weighted by atomic mass is 16.7. The number of hydrogen-bond acceptors (Lipinski definition) is 8. The van der Waals surface area contributed by atoms with Crippen molar-refractivity contribution in [1.82, 2.24) is 20.5 Å². The standard InChI is InChI=1S/C22H29N5O3/c1-14-23-18-11-19(29-13-28-5)16(10-20(18)30-14)17-6-7-21(26-25-17)27-9-8-15(12-27)24-22(2,3)4/h6-7,10-11,15,24H,8-9,12-13H2,1-5H3/t15-/m1/s1. The molecular formula is C22H29N5O3. The summed E-state index contributed by atoms with van der Waals surface area (Å²) in [6.45, 7) is 10.4. The van der Waals surface area contributed by atoms with E-state index in [1.165, 1.54) is 0 Å². The molecule has 3 heterocycles. The first kappa shape index (κ1) is 20.6. The van der Waals surface area contributed by atoms with Crippen molar-refractivity contribution >= 4 is 16.9 Å². The van der Waals surface area contributed by atoms with E-state index < -0.39 is 0 Å². The molecule has 0 saturated carbocycles. The van der Waals surface area contributed by atoms with Crippen LogP contribution in [0.3, 0.4) is 0 Å². The number of aryl methyl sites for hydroxylation is 1. The molecule has 3 aromatic rings. The lowest BCUT2D eigenvalue weighted by atomic mass is 10.1. The van der Waals surface area contributed by atoms with Crippen molar-refractivity contribution in [3.05, 3.63) is 30.2 Å². The van der Waals surface area contributed by atoms with Gasteiger partial charge in [-0.15, -0.1) is 10.2 Å². The highest BCUT2D eigenvalue weighted by Gasteiger charge is 2.27. The molecular weight excluding hydrogens is 382 g/mol. The lowest BCUT2D eigenvalue weighted by Crippen LogP contribution is -2.45. The average molecular weight is 412 g/mol. The van der Waals surface area contributed by atoms with Crippen LogP contribution in [-0.2, 0) is 4.74 Å². The van der Waals surface area contributed by atoms with Crippen molar-refractivity contribution in [3.63, 3.8) is 0 Å². The van der Waals surface area contributed by atoms with Crippen molar-refractivity contribution in [2.45, 2.75) is 45.7 Å². The zero-order valence-corrected chi connectivity index (χ0v) is 18.2. The molecule has 1 aromatic carbocycles. The molecule has 1 N–H and O–H groups in total. The fraction of sp³-hybridized carbons (Fsp3) is 0.500. The van der Waals surface area contributed by atoms with Gasteiger partial charge in [0.2, 0.25) is 0 Å². The zero-order chi connectivity index (χ0) is 21.3. The summed E-state index contributed by atoms with van der Waals surface area (Å²) in [5, 5.41) is 12.6. The molecule has 0 unspecified atom stereocenters. The Bertz CT molecular complexity index is 1010. The van der Waals surface area contributed by atoms with E-state index in [2.05, 4.69) is 46.2 Å². The Morgan fingerprint density at radius 1 is 1.23 bits per heavy atom. The van der Waals surface area contributed by atoms with E-state index in [-0.39, 0.29) is 12.3 Å². The Kier molecular flexibility index (Phi) is 5.62. The van der Waals surface area contributed by atoms with Crippen LogP contribution in [0.1, 0.15) is 33.1 Å². The fourth-order valence-corrected chi connectivity index (χ4v) is 3.85. The van der Waals surface area contributed by atoms with E-state index in [0.717, 1.165) is 36.4 Å². The highest BCUT2D eigenvalue weighted by Crippen LogP contribution is 2.34. The smallest absolute Gasteiger partial charge is 0.192 e. The third kappa shape index (κ3) is 4.55. The highest BCUT2D eigenvalue weighted by molar-refractivity contribution is 5.84. The zero-order valence-electron chi connectivity index (χ0n) is 18.2. The minimum absolute atomic E-state index is 0.104. The summed E-state index contributed by atoms with van der Waals surface area (Å²) in [5.41, 5.74) is 3.04. The van der Waals surface area contributed by atoms with E-state index >= 15 is 0 Å². The summed E-state index contributed by atoms with van der Waals surface area (Å²) in [4.78, 5) is 6.65. The molecule has 0 spiro atoms. The number of methoxy groups -OCH3 is 1. The number of rotatable bonds is 6. The lowest BCUT2D eigenvalue weighted by molar-refractivity contribution is 0.0516. The molecule has 2 aromatic heterocycles. The quantitative estimate of drug-likeness (QED) is 0.617. The average Bonchev–Trinajstić information content (AvgIpc) is 3.29. The van der Waals surface area contributed by atoms with Gasteiger partial charge in [-0.3, -0.25) is 0 Å². The molecule has 1 fully saturated rings. The number of aromatic nitrogens is 3. The number of ether oxygens (including phenoxy) is 2. The van der Waals surface area contributed by atoms with Crippen LogP contribution in [0, 0.1) is 6.92 Å². The van der Waals surface area contributed by atoms with E-state index in [1.54, 1.807) is 7.11 Å². The van der Waals surface area contributed by atoms with Crippen molar-refractivity contribution < 1.29 is 13.9 Å². The molecule has 0 amide bonds. The van der Waals surface area contributed by atoms with Crippen molar-refractivity contribution in [2.75, 3.05) is 31.9 Å². The number of oxazole rings is 1. The lowest BCUT2D eigenvalue weighted by Gasteiger charge is -2.26. The van der Waals surface area contributed by atoms with Gasteiger partial charge in [-0.2, -0.15) is 0 Å². The van der Waals surface area contributed by atoms with Crippen LogP contribution >= 0.6 is 0 Å². The number of hydrogen-bond donors (Lipinski definition) is 1.